The van der Waals surface area contributed by atoms with Gasteiger partial charge < -0.3 is 20.5 Å². The molecule has 0 amide bonds. The number of Topliss-reactive ketones (excluding diaryl/α,β-unsaturated/α-hetero) is 1. The number of nitrogens with zero attached hydrogens (tertiary/aromatic N) is 1. The Kier molecular flexibility index (Phi) is 6.01. The van der Waals surface area contributed by atoms with E-state index in [1.54, 1.807) is 24.4 Å². The summed E-state index contributed by atoms with van der Waals surface area (Å²) in [6.45, 7) is 3.70. The minimum atomic E-state index is 0.0197. The molecule has 1 saturated heterocycles. The van der Waals surface area contributed by atoms with Crippen molar-refractivity contribution in [3.05, 3.63) is 70.9 Å². The molecule has 0 unspecified atom stereocenters. The van der Waals surface area contributed by atoms with Crippen molar-refractivity contribution >= 4 is 28.7 Å². The van der Waals surface area contributed by atoms with Crippen LogP contribution in [0.2, 0.25) is 0 Å². The zero-order valence-electron chi connectivity index (χ0n) is 18.9. The van der Waals surface area contributed by atoms with Gasteiger partial charge in [-0.1, -0.05) is 18.2 Å². The molecule has 0 saturated carbocycles. The van der Waals surface area contributed by atoms with Crippen LogP contribution in [0.4, 0.5) is 22.9 Å². The van der Waals surface area contributed by atoms with Crippen LogP contribution in [-0.4, -0.2) is 29.1 Å². The monoisotopic (exact) mass is 443 g/mol. The first-order valence-electron chi connectivity index (χ1n) is 11.6. The Morgan fingerprint density at radius 2 is 1.97 bits per heavy atom. The highest BCUT2D eigenvalue weighted by Crippen LogP contribution is 2.35. The lowest BCUT2D eigenvalue weighted by Crippen LogP contribution is -2.16. The summed E-state index contributed by atoms with van der Waals surface area (Å²) >= 11 is 0. The van der Waals surface area contributed by atoms with Gasteiger partial charge in [-0.3, -0.25) is 4.79 Å². The first-order valence-corrected chi connectivity index (χ1v) is 11.6. The SMILES string of the molecule is Cc1ccc(O)cc1Nc1ccnc2c1C(=O)Cc1cc(CCC3CCOCC3)ccc1N2. The highest BCUT2D eigenvalue weighted by Gasteiger charge is 2.24. The van der Waals surface area contributed by atoms with Gasteiger partial charge in [0.1, 0.15) is 11.6 Å². The van der Waals surface area contributed by atoms with Gasteiger partial charge in [0, 0.05) is 43.3 Å². The van der Waals surface area contributed by atoms with Gasteiger partial charge in [0.05, 0.1) is 11.3 Å². The molecule has 33 heavy (non-hydrogen) atoms. The number of nitrogens with one attached hydrogen (secondary N) is 2. The summed E-state index contributed by atoms with van der Waals surface area (Å²) in [5.41, 5.74) is 6.15. The summed E-state index contributed by atoms with van der Waals surface area (Å²) < 4.78 is 5.47. The lowest BCUT2D eigenvalue weighted by molar-refractivity contribution is 0.0640. The van der Waals surface area contributed by atoms with Crippen LogP contribution in [0.25, 0.3) is 0 Å². The number of carbonyl (C=O) groups is 1. The van der Waals surface area contributed by atoms with Gasteiger partial charge in [-0.15, -0.1) is 0 Å². The number of hydrogen-bond donors (Lipinski definition) is 3. The number of rotatable bonds is 5. The molecule has 0 bridgehead atoms. The molecule has 170 valence electrons. The van der Waals surface area contributed by atoms with Gasteiger partial charge >= 0.3 is 0 Å². The lowest BCUT2D eigenvalue weighted by Gasteiger charge is -2.22. The number of aromatic hydroxyl groups is 1. The Morgan fingerprint density at radius 3 is 2.82 bits per heavy atom. The summed E-state index contributed by atoms with van der Waals surface area (Å²) in [6.07, 6.45) is 6.46. The molecule has 0 radical (unpaired) electrons. The number of aromatic nitrogens is 1. The molecule has 0 atom stereocenters. The number of benzene rings is 2. The minimum Gasteiger partial charge on any atom is -0.508 e. The Labute approximate surface area is 194 Å². The fourth-order valence-electron chi connectivity index (χ4n) is 4.70. The molecule has 6 nitrogen and oxygen atoms in total. The molecule has 3 N–H and O–H groups in total. The van der Waals surface area contributed by atoms with Crippen LogP contribution in [0.5, 0.6) is 5.75 Å². The molecular weight excluding hydrogens is 414 g/mol. The predicted octanol–water partition coefficient (Wildman–Crippen LogP) is 5.68. The van der Waals surface area contributed by atoms with Crippen LogP contribution >= 0.6 is 0 Å². The number of pyridine rings is 1. The van der Waals surface area contributed by atoms with Crippen molar-refractivity contribution in [1.82, 2.24) is 4.98 Å². The standard InChI is InChI=1S/C27H29N3O3/c1-17-2-6-21(31)16-24(17)29-23-8-11-28-27-26(23)25(32)15-20-14-19(5-7-22(20)30-27)4-3-18-9-12-33-13-10-18/h2,5-8,11,14,16,18,31H,3-4,9-10,12-13,15H2,1H3,(H2,28,29,30). The van der Waals surface area contributed by atoms with E-state index in [4.69, 9.17) is 4.74 Å². The highest BCUT2D eigenvalue weighted by molar-refractivity contribution is 6.09. The normalized spacial score (nSPS) is 15.8. The Hall–Kier alpha value is -3.38. The van der Waals surface area contributed by atoms with Crippen molar-refractivity contribution in [3.63, 3.8) is 0 Å². The maximum Gasteiger partial charge on any atom is 0.173 e. The maximum atomic E-state index is 13.4. The number of anilines is 4. The van der Waals surface area contributed by atoms with E-state index < -0.39 is 0 Å². The molecular formula is C27H29N3O3. The zero-order chi connectivity index (χ0) is 22.8. The number of ether oxygens (including phenoxy) is 1. The Bertz CT molecular complexity index is 1190. The van der Waals surface area contributed by atoms with Gasteiger partial charge in [-0.2, -0.15) is 0 Å². The van der Waals surface area contributed by atoms with E-state index in [1.165, 1.54) is 5.56 Å². The number of phenolic OH excluding ortho intramolecular Hbond substituents is 1. The number of fused-ring (bicyclic) bond motifs is 2. The van der Waals surface area contributed by atoms with E-state index in [1.807, 2.05) is 13.0 Å². The van der Waals surface area contributed by atoms with E-state index in [0.29, 0.717) is 23.5 Å². The van der Waals surface area contributed by atoms with Crippen LogP contribution in [-0.2, 0) is 17.6 Å². The Balaban J connectivity index is 1.38. The van der Waals surface area contributed by atoms with Crippen LogP contribution in [0, 0.1) is 12.8 Å². The van der Waals surface area contributed by atoms with Crippen LogP contribution in [0.1, 0.15) is 46.3 Å². The summed E-state index contributed by atoms with van der Waals surface area (Å²) in [7, 11) is 0. The number of phenols is 1. The number of ketones is 1. The molecule has 1 aromatic heterocycles. The van der Waals surface area contributed by atoms with Gasteiger partial charge in [-0.05, 0) is 73.4 Å². The molecule has 5 rings (SSSR count). The van der Waals surface area contributed by atoms with Gasteiger partial charge in [0.25, 0.3) is 0 Å². The molecule has 3 heterocycles. The first-order chi connectivity index (χ1) is 16.1. The first kappa shape index (κ1) is 21.5. The molecule has 2 aliphatic rings. The second-order valence-electron chi connectivity index (χ2n) is 9.02. The number of hydrogen-bond acceptors (Lipinski definition) is 6. The molecule has 2 aliphatic heterocycles. The van der Waals surface area contributed by atoms with E-state index in [0.717, 1.165) is 67.3 Å². The van der Waals surface area contributed by atoms with Gasteiger partial charge in [-0.25, -0.2) is 4.98 Å². The fraction of sp³-hybridized carbons (Fsp3) is 0.333. The van der Waals surface area contributed by atoms with E-state index >= 15 is 0 Å². The van der Waals surface area contributed by atoms with Crippen molar-refractivity contribution in [2.75, 3.05) is 23.8 Å². The minimum absolute atomic E-state index is 0.0197. The molecule has 0 aliphatic carbocycles. The number of aryl methyl sites for hydroxylation is 2. The third-order valence-electron chi connectivity index (χ3n) is 6.68. The molecule has 0 spiro atoms. The van der Waals surface area contributed by atoms with E-state index in [9.17, 15) is 9.90 Å². The third kappa shape index (κ3) is 4.71. The Morgan fingerprint density at radius 1 is 1.12 bits per heavy atom. The van der Waals surface area contributed by atoms with Crippen molar-refractivity contribution in [3.8, 4) is 5.75 Å². The second kappa shape index (κ2) is 9.24. The fourth-order valence-corrected chi connectivity index (χ4v) is 4.70. The summed E-state index contributed by atoms with van der Waals surface area (Å²) in [4.78, 5) is 17.8. The number of carbonyl (C=O) groups excluding carboxylic acids is 1. The van der Waals surface area contributed by atoms with Crippen molar-refractivity contribution < 1.29 is 14.6 Å². The predicted molar refractivity (Wildman–Crippen MR) is 130 cm³/mol. The molecule has 3 aromatic rings. The van der Waals surface area contributed by atoms with E-state index in [2.05, 4.69) is 33.8 Å². The average molecular weight is 444 g/mol. The van der Waals surface area contributed by atoms with Crippen LogP contribution in [0.15, 0.2) is 48.7 Å². The topological polar surface area (TPSA) is 83.5 Å². The van der Waals surface area contributed by atoms with Crippen molar-refractivity contribution in [1.29, 1.82) is 0 Å². The quantitative estimate of drug-likeness (QED) is 0.470. The van der Waals surface area contributed by atoms with E-state index in [-0.39, 0.29) is 11.5 Å². The van der Waals surface area contributed by atoms with Gasteiger partial charge in [0.15, 0.2) is 5.78 Å². The highest BCUT2D eigenvalue weighted by atomic mass is 16.5. The van der Waals surface area contributed by atoms with Crippen LogP contribution in [0.3, 0.4) is 0 Å². The summed E-state index contributed by atoms with van der Waals surface area (Å²) in [5.74, 6) is 1.47. The largest absolute Gasteiger partial charge is 0.508 e. The van der Waals surface area contributed by atoms with Gasteiger partial charge in [0.2, 0.25) is 0 Å². The average Bonchev–Trinajstić information content (AvgIpc) is 2.96. The molecule has 1 fully saturated rings. The smallest absolute Gasteiger partial charge is 0.173 e. The summed E-state index contributed by atoms with van der Waals surface area (Å²) in [6, 6.07) is 13.3. The maximum absolute atomic E-state index is 13.4. The zero-order valence-corrected chi connectivity index (χ0v) is 18.9. The van der Waals surface area contributed by atoms with Crippen LogP contribution < -0.4 is 10.6 Å². The summed E-state index contributed by atoms with van der Waals surface area (Å²) in [5, 5.41) is 16.6. The molecule has 2 aromatic carbocycles. The second-order valence-corrected chi connectivity index (χ2v) is 9.02. The van der Waals surface area contributed by atoms with Crippen molar-refractivity contribution in [2.45, 2.75) is 39.0 Å². The third-order valence-corrected chi connectivity index (χ3v) is 6.68. The van der Waals surface area contributed by atoms with Crippen molar-refractivity contribution in [2.24, 2.45) is 5.92 Å². The molecule has 6 heteroatoms. The lowest BCUT2D eigenvalue weighted by atomic mass is 9.92.